The molecule has 0 aromatic carbocycles. The number of nitrogens with zero attached hydrogens (tertiary/aromatic N) is 4. The average molecular weight is 167 g/mol. The summed E-state index contributed by atoms with van der Waals surface area (Å²) in [4.78, 5) is 3.89. The number of aromatic amines is 1. The van der Waals surface area contributed by atoms with Gasteiger partial charge in [-0.3, -0.25) is 5.10 Å². The number of aryl methyl sites for hydroxylation is 1. The number of hydrogen-bond acceptors (Lipinski definition) is 4. The van der Waals surface area contributed by atoms with E-state index in [0.29, 0.717) is 10.4 Å². The molecule has 0 aliphatic heterocycles. The Balaban J connectivity index is 3.05. The van der Waals surface area contributed by atoms with E-state index in [4.69, 9.17) is 12.2 Å². The highest BCUT2D eigenvalue weighted by Gasteiger charge is 1.98. The second-order valence-corrected chi connectivity index (χ2v) is 2.50. The third-order valence-corrected chi connectivity index (χ3v) is 1.85. The van der Waals surface area contributed by atoms with Gasteiger partial charge in [-0.2, -0.15) is 4.98 Å². The lowest BCUT2D eigenvalue weighted by Crippen LogP contribution is -1.98. The van der Waals surface area contributed by atoms with Gasteiger partial charge in [0.1, 0.15) is 6.33 Å². The molecular formula is C5H5N5S. The first-order chi connectivity index (χ1) is 5.29. The topological polar surface area (TPSA) is 58.9 Å². The fraction of sp³-hybridized carbons (Fsp3) is 0.200. The van der Waals surface area contributed by atoms with Gasteiger partial charge in [-0.05, 0) is 6.92 Å². The van der Waals surface area contributed by atoms with Gasteiger partial charge in [0.15, 0.2) is 4.64 Å². The van der Waals surface area contributed by atoms with Crippen LogP contribution in [0.2, 0.25) is 0 Å². The van der Waals surface area contributed by atoms with E-state index < -0.39 is 0 Å². The van der Waals surface area contributed by atoms with Crippen LogP contribution in [-0.2, 0) is 0 Å². The predicted octanol–water partition coefficient (Wildman–Crippen LogP) is 0.490. The molecule has 0 unspecified atom stereocenters. The van der Waals surface area contributed by atoms with E-state index in [2.05, 4.69) is 20.3 Å². The van der Waals surface area contributed by atoms with E-state index in [1.807, 2.05) is 6.92 Å². The second kappa shape index (κ2) is 2.09. The van der Waals surface area contributed by atoms with Crippen molar-refractivity contribution in [3.05, 3.63) is 16.7 Å². The van der Waals surface area contributed by atoms with Crippen molar-refractivity contribution < 1.29 is 0 Å². The lowest BCUT2D eigenvalue weighted by Gasteiger charge is -1.91. The SMILES string of the molecule is Cc1nnc2nc[nH]n2c1=S. The minimum absolute atomic E-state index is 0.501. The number of aromatic nitrogens is 5. The molecule has 56 valence electrons. The summed E-state index contributed by atoms with van der Waals surface area (Å²) < 4.78 is 2.23. The maximum atomic E-state index is 5.04. The van der Waals surface area contributed by atoms with Crippen LogP contribution in [-0.4, -0.2) is 24.8 Å². The Morgan fingerprint density at radius 1 is 1.55 bits per heavy atom. The molecule has 2 rings (SSSR count). The summed E-state index contributed by atoms with van der Waals surface area (Å²) in [7, 11) is 0. The van der Waals surface area contributed by atoms with Gasteiger partial charge < -0.3 is 0 Å². The van der Waals surface area contributed by atoms with Crippen molar-refractivity contribution in [3.8, 4) is 0 Å². The lowest BCUT2D eigenvalue weighted by atomic mass is 10.5. The molecule has 0 spiro atoms. The molecule has 5 nitrogen and oxygen atoms in total. The van der Waals surface area contributed by atoms with E-state index in [0.717, 1.165) is 5.69 Å². The van der Waals surface area contributed by atoms with Crippen LogP contribution >= 0.6 is 12.2 Å². The first-order valence-electron chi connectivity index (χ1n) is 3.04. The highest BCUT2D eigenvalue weighted by atomic mass is 32.1. The molecule has 0 fully saturated rings. The molecule has 2 aromatic heterocycles. The monoisotopic (exact) mass is 167 g/mol. The summed E-state index contributed by atoms with van der Waals surface area (Å²) in [6, 6.07) is 0. The molecule has 0 saturated heterocycles. The van der Waals surface area contributed by atoms with E-state index in [-0.39, 0.29) is 0 Å². The summed E-state index contributed by atoms with van der Waals surface area (Å²) >= 11 is 5.04. The van der Waals surface area contributed by atoms with Gasteiger partial charge in [-0.25, -0.2) is 4.52 Å². The van der Waals surface area contributed by atoms with E-state index in [1.54, 1.807) is 4.52 Å². The average Bonchev–Trinajstić information content (AvgIpc) is 2.45. The molecule has 2 heterocycles. The zero-order chi connectivity index (χ0) is 7.84. The molecular weight excluding hydrogens is 162 g/mol. The number of rotatable bonds is 0. The van der Waals surface area contributed by atoms with Crippen molar-refractivity contribution >= 4 is 18.0 Å². The third kappa shape index (κ3) is 0.829. The number of H-pyrrole nitrogens is 1. The zero-order valence-corrected chi connectivity index (χ0v) is 6.59. The molecule has 2 aromatic rings. The van der Waals surface area contributed by atoms with Crippen LogP contribution in [0.25, 0.3) is 5.78 Å². The van der Waals surface area contributed by atoms with Crippen molar-refractivity contribution in [2.45, 2.75) is 6.92 Å². The molecule has 0 atom stereocenters. The van der Waals surface area contributed by atoms with Gasteiger partial charge in [-0.1, -0.05) is 12.2 Å². The van der Waals surface area contributed by atoms with Crippen LogP contribution in [0.3, 0.4) is 0 Å². The summed E-state index contributed by atoms with van der Waals surface area (Å²) in [6.45, 7) is 1.81. The van der Waals surface area contributed by atoms with Crippen LogP contribution in [0.1, 0.15) is 5.69 Å². The van der Waals surface area contributed by atoms with Crippen LogP contribution < -0.4 is 0 Å². The van der Waals surface area contributed by atoms with Crippen molar-refractivity contribution in [1.82, 2.24) is 24.8 Å². The van der Waals surface area contributed by atoms with Crippen molar-refractivity contribution in [2.75, 3.05) is 0 Å². The zero-order valence-electron chi connectivity index (χ0n) is 5.77. The first kappa shape index (κ1) is 6.41. The van der Waals surface area contributed by atoms with Gasteiger partial charge in [-0.15, -0.1) is 10.2 Å². The Hall–Kier alpha value is -1.30. The standard InChI is InChI=1S/C5H5N5S/c1-3-4(11)10-5(9-8-3)6-2-7-10/h2H,1H3,(H,6,7,9). The maximum absolute atomic E-state index is 5.04. The first-order valence-corrected chi connectivity index (χ1v) is 3.45. The number of hydrogen-bond donors (Lipinski definition) is 1. The van der Waals surface area contributed by atoms with E-state index in [9.17, 15) is 0 Å². The van der Waals surface area contributed by atoms with Gasteiger partial charge >= 0.3 is 0 Å². The minimum Gasteiger partial charge on any atom is -0.279 e. The van der Waals surface area contributed by atoms with Crippen LogP contribution in [0, 0.1) is 11.6 Å². The van der Waals surface area contributed by atoms with Crippen LogP contribution in [0.5, 0.6) is 0 Å². The molecule has 1 N–H and O–H groups in total. The van der Waals surface area contributed by atoms with Crippen molar-refractivity contribution in [2.24, 2.45) is 0 Å². The highest BCUT2D eigenvalue weighted by molar-refractivity contribution is 7.71. The molecule has 0 amide bonds. The maximum Gasteiger partial charge on any atom is 0.271 e. The molecule has 11 heavy (non-hydrogen) atoms. The molecule has 0 radical (unpaired) electrons. The van der Waals surface area contributed by atoms with Gasteiger partial charge in [0.2, 0.25) is 0 Å². The number of fused-ring (bicyclic) bond motifs is 1. The summed E-state index contributed by atoms with van der Waals surface area (Å²) in [5.41, 5.74) is 0.724. The molecule has 0 aliphatic carbocycles. The summed E-state index contributed by atoms with van der Waals surface area (Å²) in [5, 5.41) is 10.5. The van der Waals surface area contributed by atoms with Crippen LogP contribution in [0.4, 0.5) is 0 Å². The minimum atomic E-state index is 0.501. The Morgan fingerprint density at radius 3 is 3.18 bits per heavy atom. The molecule has 0 bridgehead atoms. The Morgan fingerprint density at radius 2 is 2.36 bits per heavy atom. The Bertz CT molecular complexity index is 441. The van der Waals surface area contributed by atoms with Gasteiger partial charge in [0, 0.05) is 0 Å². The Labute approximate surface area is 67.1 Å². The summed E-state index contributed by atoms with van der Waals surface area (Å²) in [5.74, 6) is 0.501. The fourth-order valence-electron chi connectivity index (χ4n) is 0.804. The molecule has 0 aliphatic rings. The summed E-state index contributed by atoms with van der Waals surface area (Å²) in [6.07, 6.45) is 1.53. The van der Waals surface area contributed by atoms with E-state index >= 15 is 0 Å². The number of nitrogens with one attached hydrogen (secondary N) is 1. The second-order valence-electron chi connectivity index (χ2n) is 2.11. The quantitative estimate of drug-likeness (QED) is 0.580. The third-order valence-electron chi connectivity index (χ3n) is 1.37. The van der Waals surface area contributed by atoms with Crippen molar-refractivity contribution in [3.63, 3.8) is 0 Å². The van der Waals surface area contributed by atoms with Crippen molar-refractivity contribution in [1.29, 1.82) is 0 Å². The molecule has 0 saturated carbocycles. The van der Waals surface area contributed by atoms with Gasteiger partial charge in [0.05, 0.1) is 5.69 Å². The van der Waals surface area contributed by atoms with E-state index in [1.165, 1.54) is 6.33 Å². The van der Waals surface area contributed by atoms with Gasteiger partial charge in [0.25, 0.3) is 5.78 Å². The Kier molecular flexibility index (Phi) is 1.22. The fourth-order valence-corrected chi connectivity index (χ4v) is 0.979. The normalized spacial score (nSPS) is 10.6. The largest absolute Gasteiger partial charge is 0.279 e. The lowest BCUT2D eigenvalue weighted by molar-refractivity contribution is 0.846. The molecule has 6 heteroatoms. The van der Waals surface area contributed by atoms with Crippen LogP contribution in [0.15, 0.2) is 6.33 Å². The predicted molar refractivity (Wildman–Crippen MR) is 40.7 cm³/mol. The highest BCUT2D eigenvalue weighted by Crippen LogP contribution is 1.96. The smallest absolute Gasteiger partial charge is 0.271 e.